The largest absolute Gasteiger partial charge is 0.496 e. The lowest BCUT2D eigenvalue weighted by Gasteiger charge is -2.12. The quantitative estimate of drug-likeness (QED) is 0.898. The highest BCUT2D eigenvalue weighted by molar-refractivity contribution is 5.70. The molecular weight excluding hydrogens is 226 g/mol. The van der Waals surface area contributed by atoms with Crippen LogP contribution in [0, 0.1) is 13.8 Å². The minimum Gasteiger partial charge on any atom is -0.496 e. The summed E-state index contributed by atoms with van der Waals surface area (Å²) in [5.41, 5.74) is 9.67. The minimum atomic E-state index is 0.334. The van der Waals surface area contributed by atoms with Crippen molar-refractivity contribution in [3.05, 3.63) is 41.3 Å². The molecule has 0 saturated heterocycles. The molecule has 0 atom stereocenters. The molecule has 0 aliphatic carbocycles. The van der Waals surface area contributed by atoms with Gasteiger partial charge in [0.1, 0.15) is 11.6 Å². The second-order valence-corrected chi connectivity index (χ2v) is 4.22. The Morgan fingerprint density at radius 1 is 1.28 bits per heavy atom. The molecule has 0 aliphatic heterocycles. The number of aryl methyl sites for hydroxylation is 2. The van der Waals surface area contributed by atoms with Crippen molar-refractivity contribution in [3.8, 4) is 17.0 Å². The lowest BCUT2D eigenvalue weighted by atomic mass is 10.0. The van der Waals surface area contributed by atoms with Crippen molar-refractivity contribution < 1.29 is 4.74 Å². The van der Waals surface area contributed by atoms with Crippen molar-refractivity contribution in [3.63, 3.8) is 0 Å². The standard InChI is InChI=1S/C14H17N3O/c1-9-6-10(2)14(18-3)11(7-9)12-4-5-16-13(8-15)17-12/h4-7H,8,15H2,1-3H3. The summed E-state index contributed by atoms with van der Waals surface area (Å²) in [6, 6.07) is 6.03. The lowest BCUT2D eigenvalue weighted by molar-refractivity contribution is 0.413. The number of nitrogens with zero attached hydrogens (tertiary/aromatic N) is 2. The van der Waals surface area contributed by atoms with Crippen molar-refractivity contribution in [2.75, 3.05) is 7.11 Å². The third kappa shape index (κ3) is 2.33. The van der Waals surface area contributed by atoms with Crippen LogP contribution >= 0.6 is 0 Å². The fraction of sp³-hybridized carbons (Fsp3) is 0.286. The van der Waals surface area contributed by atoms with Gasteiger partial charge in [-0.3, -0.25) is 0 Å². The van der Waals surface area contributed by atoms with Gasteiger partial charge in [0.05, 0.1) is 19.3 Å². The van der Waals surface area contributed by atoms with Gasteiger partial charge in [0.2, 0.25) is 0 Å². The van der Waals surface area contributed by atoms with Crippen LogP contribution in [0.2, 0.25) is 0 Å². The highest BCUT2D eigenvalue weighted by Gasteiger charge is 2.11. The molecule has 0 bridgehead atoms. The third-order valence-electron chi connectivity index (χ3n) is 2.79. The molecule has 18 heavy (non-hydrogen) atoms. The third-order valence-corrected chi connectivity index (χ3v) is 2.79. The maximum Gasteiger partial charge on any atom is 0.142 e. The molecule has 2 N–H and O–H groups in total. The molecular formula is C14H17N3O. The van der Waals surface area contributed by atoms with E-state index in [2.05, 4.69) is 29.0 Å². The number of hydrogen-bond acceptors (Lipinski definition) is 4. The van der Waals surface area contributed by atoms with Crippen LogP contribution in [0.4, 0.5) is 0 Å². The molecule has 0 unspecified atom stereocenters. The van der Waals surface area contributed by atoms with Crippen molar-refractivity contribution in [1.82, 2.24) is 9.97 Å². The highest BCUT2D eigenvalue weighted by Crippen LogP contribution is 2.32. The van der Waals surface area contributed by atoms with Crippen LogP contribution in [-0.4, -0.2) is 17.1 Å². The zero-order chi connectivity index (χ0) is 13.1. The van der Waals surface area contributed by atoms with E-state index in [9.17, 15) is 0 Å². The molecule has 4 heteroatoms. The summed E-state index contributed by atoms with van der Waals surface area (Å²) in [5.74, 6) is 1.48. The van der Waals surface area contributed by atoms with E-state index in [4.69, 9.17) is 10.5 Å². The minimum absolute atomic E-state index is 0.334. The highest BCUT2D eigenvalue weighted by atomic mass is 16.5. The summed E-state index contributed by atoms with van der Waals surface area (Å²) >= 11 is 0. The molecule has 1 aromatic carbocycles. The monoisotopic (exact) mass is 243 g/mol. The van der Waals surface area contributed by atoms with Gasteiger partial charge in [-0.1, -0.05) is 6.07 Å². The summed E-state index contributed by atoms with van der Waals surface area (Å²) in [6.07, 6.45) is 1.72. The average Bonchev–Trinajstić information content (AvgIpc) is 2.38. The van der Waals surface area contributed by atoms with E-state index in [1.54, 1.807) is 13.3 Å². The number of nitrogens with two attached hydrogens (primary N) is 1. The Balaban J connectivity index is 2.61. The zero-order valence-electron chi connectivity index (χ0n) is 10.9. The first kappa shape index (κ1) is 12.5. The number of benzene rings is 1. The van der Waals surface area contributed by atoms with Gasteiger partial charge in [-0.2, -0.15) is 0 Å². The Labute approximate surface area is 107 Å². The summed E-state index contributed by atoms with van der Waals surface area (Å²) in [4.78, 5) is 8.54. The van der Waals surface area contributed by atoms with Crippen molar-refractivity contribution >= 4 is 0 Å². The van der Waals surface area contributed by atoms with Crippen LogP contribution in [0.1, 0.15) is 17.0 Å². The first-order chi connectivity index (χ1) is 8.65. The Hall–Kier alpha value is -1.94. The Morgan fingerprint density at radius 2 is 2.06 bits per heavy atom. The molecule has 2 aromatic rings. The molecule has 1 heterocycles. The number of ether oxygens (including phenoxy) is 1. The van der Waals surface area contributed by atoms with E-state index in [0.29, 0.717) is 12.4 Å². The predicted octanol–water partition coefficient (Wildman–Crippen LogP) is 2.23. The fourth-order valence-corrected chi connectivity index (χ4v) is 2.06. The molecule has 94 valence electrons. The van der Waals surface area contributed by atoms with E-state index < -0.39 is 0 Å². The average molecular weight is 243 g/mol. The van der Waals surface area contributed by atoms with Gasteiger partial charge in [-0.15, -0.1) is 0 Å². The second kappa shape index (κ2) is 5.14. The zero-order valence-corrected chi connectivity index (χ0v) is 10.9. The van der Waals surface area contributed by atoms with Crippen LogP contribution < -0.4 is 10.5 Å². The molecule has 0 radical (unpaired) electrons. The van der Waals surface area contributed by atoms with Crippen molar-refractivity contribution in [2.45, 2.75) is 20.4 Å². The summed E-state index contributed by atoms with van der Waals surface area (Å²) in [5, 5.41) is 0. The van der Waals surface area contributed by atoms with Crippen LogP contribution in [0.3, 0.4) is 0 Å². The van der Waals surface area contributed by atoms with Gasteiger partial charge >= 0.3 is 0 Å². The summed E-state index contributed by atoms with van der Waals surface area (Å²) < 4.78 is 5.47. The first-order valence-corrected chi connectivity index (χ1v) is 5.83. The molecule has 0 aliphatic rings. The molecule has 0 amide bonds. The van der Waals surface area contributed by atoms with Crippen molar-refractivity contribution in [2.24, 2.45) is 5.73 Å². The summed E-state index contributed by atoms with van der Waals surface area (Å²) in [7, 11) is 1.67. The van der Waals surface area contributed by atoms with Gasteiger partial charge in [-0.25, -0.2) is 9.97 Å². The maximum absolute atomic E-state index is 5.57. The molecule has 0 saturated carbocycles. The van der Waals surface area contributed by atoms with E-state index in [1.165, 1.54) is 5.56 Å². The van der Waals surface area contributed by atoms with Crippen LogP contribution in [0.15, 0.2) is 24.4 Å². The van der Waals surface area contributed by atoms with Gasteiger partial charge in [0.25, 0.3) is 0 Å². The van der Waals surface area contributed by atoms with Crippen LogP contribution in [-0.2, 0) is 6.54 Å². The Kier molecular flexibility index (Phi) is 3.58. The van der Waals surface area contributed by atoms with Gasteiger partial charge in [0.15, 0.2) is 0 Å². The van der Waals surface area contributed by atoms with E-state index in [-0.39, 0.29) is 0 Å². The smallest absolute Gasteiger partial charge is 0.142 e. The van der Waals surface area contributed by atoms with Gasteiger partial charge in [-0.05, 0) is 37.1 Å². The number of rotatable bonds is 3. The van der Waals surface area contributed by atoms with Crippen LogP contribution in [0.5, 0.6) is 5.75 Å². The van der Waals surface area contributed by atoms with E-state index in [0.717, 1.165) is 22.6 Å². The number of hydrogen-bond donors (Lipinski definition) is 1. The van der Waals surface area contributed by atoms with Crippen molar-refractivity contribution in [1.29, 1.82) is 0 Å². The number of aromatic nitrogens is 2. The Bertz CT molecular complexity index is 567. The second-order valence-electron chi connectivity index (χ2n) is 4.22. The fourth-order valence-electron chi connectivity index (χ4n) is 2.06. The predicted molar refractivity (Wildman–Crippen MR) is 71.4 cm³/mol. The van der Waals surface area contributed by atoms with Gasteiger partial charge < -0.3 is 10.5 Å². The summed E-state index contributed by atoms with van der Waals surface area (Å²) in [6.45, 7) is 4.42. The molecule has 1 aromatic heterocycles. The molecule has 0 spiro atoms. The molecule has 0 fully saturated rings. The van der Waals surface area contributed by atoms with Gasteiger partial charge in [0, 0.05) is 11.8 Å². The van der Waals surface area contributed by atoms with E-state index in [1.807, 2.05) is 13.0 Å². The van der Waals surface area contributed by atoms with E-state index >= 15 is 0 Å². The molecule has 4 nitrogen and oxygen atoms in total. The SMILES string of the molecule is COc1c(C)cc(C)cc1-c1ccnc(CN)n1. The first-order valence-electron chi connectivity index (χ1n) is 5.83. The van der Waals surface area contributed by atoms with Crippen LogP contribution in [0.25, 0.3) is 11.3 Å². The molecule has 2 rings (SSSR count). The maximum atomic E-state index is 5.57. The Morgan fingerprint density at radius 3 is 2.72 bits per heavy atom. The normalized spacial score (nSPS) is 10.4. The lowest BCUT2D eigenvalue weighted by Crippen LogP contribution is -2.03. The number of methoxy groups -OCH3 is 1. The topological polar surface area (TPSA) is 61.0 Å².